The van der Waals surface area contributed by atoms with Crippen molar-refractivity contribution in [1.29, 1.82) is 0 Å². The second-order valence-corrected chi connectivity index (χ2v) is 4.85. The van der Waals surface area contributed by atoms with Gasteiger partial charge < -0.3 is 9.84 Å². The Hall–Kier alpha value is -0.120. The molecule has 1 rings (SSSR count). The Morgan fingerprint density at radius 1 is 1.19 bits per heavy atom. The van der Waals surface area contributed by atoms with Crippen LogP contribution in [-0.4, -0.2) is 48.5 Å². The van der Waals surface area contributed by atoms with E-state index in [2.05, 4.69) is 11.8 Å². The first-order chi connectivity index (χ1) is 7.70. The van der Waals surface area contributed by atoms with E-state index in [1.165, 1.54) is 19.3 Å². The highest BCUT2D eigenvalue weighted by molar-refractivity contribution is 4.85. The SMILES string of the molecule is CCOCCN(CC)CC1(O)CCCCC1. The van der Waals surface area contributed by atoms with Crippen molar-refractivity contribution in [1.82, 2.24) is 4.90 Å². The van der Waals surface area contributed by atoms with Crippen molar-refractivity contribution in [2.24, 2.45) is 0 Å². The van der Waals surface area contributed by atoms with E-state index in [4.69, 9.17) is 4.74 Å². The van der Waals surface area contributed by atoms with Crippen LogP contribution < -0.4 is 0 Å². The molecule has 0 unspecified atom stereocenters. The molecule has 96 valence electrons. The molecular weight excluding hydrogens is 202 g/mol. The summed E-state index contributed by atoms with van der Waals surface area (Å²) in [5.41, 5.74) is -0.430. The first-order valence-electron chi connectivity index (χ1n) is 6.72. The molecule has 1 aliphatic carbocycles. The van der Waals surface area contributed by atoms with Crippen molar-refractivity contribution in [2.75, 3.05) is 32.8 Å². The van der Waals surface area contributed by atoms with Crippen molar-refractivity contribution >= 4 is 0 Å². The standard InChI is InChI=1S/C13H27NO2/c1-3-14(10-11-16-4-2)12-13(15)8-6-5-7-9-13/h15H,3-12H2,1-2H3. The van der Waals surface area contributed by atoms with Crippen LogP contribution in [-0.2, 0) is 4.74 Å². The zero-order valence-corrected chi connectivity index (χ0v) is 10.9. The van der Waals surface area contributed by atoms with Crippen molar-refractivity contribution in [3.05, 3.63) is 0 Å². The molecule has 3 heteroatoms. The van der Waals surface area contributed by atoms with Crippen LogP contribution in [0.2, 0.25) is 0 Å². The van der Waals surface area contributed by atoms with Gasteiger partial charge in [0.1, 0.15) is 0 Å². The third-order valence-electron chi connectivity index (χ3n) is 3.51. The van der Waals surface area contributed by atoms with E-state index in [9.17, 15) is 5.11 Å². The lowest BCUT2D eigenvalue weighted by Crippen LogP contribution is -2.45. The van der Waals surface area contributed by atoms with Gasteiger partial charge in [-0.05, 0) is 26.3 Å². The summed E-state index contributed by atoms with van der Waals surface area (Å²) >= 11 is 0. The van der Waals surface area contributed by atoms with Gasteiger partial charge in [0.05, 0.1) is 12.2 Å². The molecule has 0 aromatic carbocycles. The molecule has 1 N–H and O–H groups in total. The fourth-order valence-corrected chi connectivity index (χ4v) is 2.47. The van der Waals surface area contributed by atoms with E-state index in [1.54, 1.807) is 0 Å². The van der Waals surface area contributed by atoms with Crippen LogP contribution in [0, 0.1) is 0 Å². The van der Waals surface area contributed by atoms with E-state index in [0.29, 0.717) is 0 Å². The maximum absolute atomic E-state index is 10.4. The quantitative estimate of drug-likeness (QED) is 0.678. The Bertz CT molecular complexity index is 179. The highest BCUT2D eigenvalue weighted by atomic mass is 16.5. The van der Waals surface area contributed by atoms with Crippen LogP contribution in [0.1, 0.15) is 46.0 Å². The van der Waals surface area contributed by atoms with Crippen LogP contribution in [0.4, 0.5) is 0 Å². The van der Waals surface area contributed by atoms with Gasteiger partial charge >= 0.3 is 0 Å². The molecule has 0 aromatic rings. The minimum Gasteiger partial charge on any atom is -0.389 e. The lowest BCUT2D eigenvalue weighted by molar-refractivity contribution is -0.0299. The van der Waals surface area contributed by atoms with Crippen LogP contribution in [0.3, 0.4) is 0 Å². The number of nitrogens with zero attached hydrogens (tertiary/aromatic N) is 1. The summed E-state index contributed by atoms with van der Waals surface area (Å²) in [6.07, 6.45) is 5.59. The van der Waals surface area contributed by atoms with E-state index in [0.717, 1.165) is 45.7 Å². The molecule has 0 heterocycles. The van der Waals surface area contributed by atoms with Gasteiger partial charge in [-0.3, -0.25) is 4.90 Å². The van der Waals surface area contributed by atoms with E-state index in [1.807, 2.05) is 6.92 Å². The van der Waals surface area contributed by atoms with Gasteiger partial charge in [0.15, 0.2) is 0 Å². The summed E-state index contributed by atoms with van der Waals surface area (Å²) in [4.78, 5) is 2.31. The lowest BCUT2D eigenvalue weighted by atomic mass is 9.84. The Labute approximate surface area is 99.8 Å². The van der Waals surface area contributed by atoms with Gasteiger partial charge in [0, 0.05) is 19.7 Å². The number of ether oxygens (including phenoxy) is 1. The summed E-state index contributed by atoms with van der Waals surface area (Å²) in [7, 11) is 0. The maximum atomic E-state index is 10.4. The summed E-state index contributed by atoms with van der Waals surface area (Å²) in [6, 6.07) is 0. The van der Waals surface area contributed by atoms with Crippen LogP contribution in [0.15, 0.2) is 0 Å². The highest BCUT2D eigenvalue weighted by Gasteiger charge is 2.30. The molecule has 0 radical (unpaired) electrons. The van der Waals surface area contributed by atoms with Crippen LogP contribution >= 0.6 is 0 Å². The third kappa shape index (κ3) is 4.81. The van der Waals surface area contributed by atoms with Gasteiger partial charge in [-0.2, -0.15) is 0 Å². The monoisotopic (exact) mass is 229 g/mol. The Morgan fingerprint density at radius 2 is 1.88 bits per heavy atom. The van der Waals surface area contributed by atoms with Gasteiger partial charge in [-0.15, -0.1) is 0 Å². The minimum absolute atomic E-state index is 0.430. The summed E-state index contributed by atoms with van der Waals surface area (Å²) in [6.45, 7) is 8.48. The summed E-state index contributed by atoms with van der Waals surface area (Å²) < 4.78 is 5.36. The highest BCUT2D eigenvalue weighted by Crippen LogP contribution is 2.28. The second-order valence-electron chi connectivity index (χ2n) is 4.85. The average molecular weight is 229 g/mol. The van der Waals surface area contributed by atoms with Gasteiger partial charge in [-0.1, -0.05) is 26.2 Å². The zero-order chi connectivity index (χ0) is 11.9. The first kappa shape index (κ1) is 13.9. The minimum atomic E-state index is -0.430. The van der Waals surface area contributed by atoms with Crippen molar-refractivity contribution in [3.63, 3.8) is 0 Å². The summed E-state index contributed by atoms with van der Waals surface area (Å²) in [5.74, 6) is 0. The number of likely N-dealkylation sites (N-methyl/N-ethyl adjacent to an activating group) is 1. The number of hydrogen-bond donors (Lipinski definition) is 1. The average Bonchev–Trinajstić information content (AvgIpc) is 2.29. The zero-order valence-electron chi connectivity index (χ0n) is 10.9. The number of hydrogen-bond acceptors (Lipinski definition) is 3. The predicted octanol–water partition coefficient (Wildman–Crippen LogP) is 2.04. The second kappa shape index (κ2) is 7.25. The molecule has 1 aliphatic rings. The van der Waals surface area contributed by atoms with Crippen molar-refractivity contribution < 1.29 is 9.84 Å². The molecule has 0 bridgehead atoms. The fraction of sp³-hybridized carbons (Fsp3) is 1.00. The number of rotatable bonds is 7. The topological polar surface area (TPSA) is 32.7 Å². The van der Waals surface area contributed by atoms with E-state index >= 15 is 0 Å². The third-order valence-corrected chi connectivity index (χ3v) is 3.51. The molecule has 16 heavy (non-hydrogen) atoms. The molecule has 0 atom stereocenters. The smallest absolute Gasteiger partial charge is 0.0774 e. The molecule has 0 amide bonds. The molecule has 3 nitrogen and oxygen atoms in total. The fourth-order valence-electron chi connectivity index (χ4n) is 2.47. The molecule has 0 aromatic heterocycles. The largest absolute Gasteiger partial charge is 0.389 e. The summed E-state index contributed by atoms with van der Waals surface area (Å²) in [5, 5.41) is 10.4. The van der Waals surface area contributed by atoms with E-state index in [-0.39, 0.29) is 0 Å². The molecule has 1 fully saturated rings. The van der Waals surface area contributed by atoms with Gasteiger partial charge in [-0.25, -0.2) is 0 Å². The number of aliphatic hydroxyl groups is 1. The van der Waals surface area contributed by atoms with Gasteiger partial charge in [0.2, 0.25) is 0 Å². The Morgan fingerprint density at radius 3 is 2.44 bits per heavy atom. The van der Waals surface area contributed by atoms with Crippen LogP contribution in [0.25, 0.3) is 0 Å². The molecule has 1 saturated carbocycles. The Balaban J connectivity index is 2.29. The van der Waals surface area contributed by atoms with Crippen LogP contribution in [0.5, 0.6) is 0 Å². The van der Waals surface area contributed by atoms with Gasteiger partial charge in [0.25, 0.3) is 0 Å². The van der Waals surface area contributed by atoms with Crippen molar-refractivity contribution in [3.8, 4) is 0 Å². The van der Waals surface area contributed by atoms with E-state index < -0.39 is 5.60 Å². The van der Waals surface area contributed by atoms with Crippen molar-refractivity contribution in [2.45, 2.75) is 51.6 Å². The lowest BCUT2D eigenvalue weighted by Gasteiger charge is -2.36. The molecule has 0 spiro atoms. The Kier molecular flexibility index (Phi) is 6.32. The molecular formula is C13H27NO2. The predicted molar refractivity (Wildman–Crippen MR) is 66.6 cm³/mol. The molecule has 0 aliphatic heterocycles. The normalized spacial score (nSPS) is 20.2. The first-order valence-corrected chi connectivity index (χ1v) is 6.72. The maximum Gasteiger partial charge on any atom is 0.0774 e. The molecule has 0 saturated heterocycles.